The Bertz CT molecular complexity index is 286. The minimum atomic E-state index is -0.184. The second-order valence-corrected chi connectivity index (χ2v) is 7.78. The van der Waals surface area contributed by atoms with Gasteiger partial charge in [-0.3, -0.25) is 4.90 Å². The third-order valence-corrected chi connectivity index (χ3v) is 3.35. The fourth-order valence-corrected chi connectivity index (χ4v) is 1.86. The van der Waals surface area contributed by atoms with Crippen LogP contribution in [0.25, 0.3) is 0 Å². The van der Waals surface area contributed by atoms with Crippen molar-refractivity contribution in [1.82, 2.24) is 10.2 Å². The van der Waals surface area contributed by atoms with Crippen LogP contribution in [0.5, 0.6) is 0 Å². The van der Waals surface area contributed by atoms with Gasteiger partial charge in [0.25, 0.3) is 0 Å². The Labute approximate surface area is 142 Å². The Kier molecular flexibility index (Phi) is 12.0. The van der Waals surface area contributed by atoms with Crippen LogP contribution in [-0.2, 0) is 14.2 Å². The van der Waals surface area contributed by atoms with Gasteiger partial charge in [-0.25, -0.2) is 0 Å². The molecule has 23 heavy (non-hydrogen) atoms. The van der Waals surface area contributed by atoms with Crippen LogP contribution in [0.2, 0.25) is 0 Å². The highest BCUT2D eigenvalue weighted by molar-refractivity contribution is 4.70. The van der Waals surface area contributed by atoms with Crippen molar-refractivity contribution in [2.45, 2.75) is 27.7 Å². The van der Waals surface area contributed by atoms with Crippen LogP contribution in [0.3, 0.4) is 0 Å². The van der Waals surface area contributed by atoms with E-state index in [-0.39, 0.29) is 17.4 Å². The van der Waals surface area contributed by atoms with Crippen LogP contribution in [0.15, 0.2) is 0 Å². The number of hydrogen-bond acceptors (Lipinski definition) is 6. The molecule has 0 saturated heterocycles. The van der Waals surface area contributed by atoms with Gasteiger partial charge in [0.15, 0.2) is 0 Å². The highest BCUT2D eigenvalue weighted by Crippen LogP contribution is 2.19. The normalized spacial score (nSPS) is 13.0. The zero-order valence-corrected chi connectivity index (χ0v) is 16.0. The summed E-state index contributed by atoms with van der Waals surface area (Å²) in [6.45, 7) is 14.3. The molecule has 0 saturated carbocycles. The molecule has 0 aliphatic carbocycles. The summed E-state index contributed by atoms with van der Waals surface area (Å²) in [6.07, 6.45) is 0. The molecule has 0 amide bonds. The summed E-state index contributed by atoms with van der Waals surface area (Å²) in [5.74, 6) is 0. The van der Waals surface area contributed by atoms with E-state index in [1.165, 1.54) is 0 Å². The summed E-state index contributed by atoms with van der Waals surface area (Å²) in [4.78, 5) is 2.11. The van der Waals surface area contributed by atoms with Gasteiger partial charge in [-0.15, -0.1) is 0 Å². The van der Waals surface area contributed by atoms with Crippen LogP contribution in [0.4, 0.5) is 0 Å². The number of methoxy groups -OCH3 is 1. The molecule has 0 aromatic carbocycles. The van der Waals surface area contributed by atoms with Crippen LogP contribution >= 0.6 is 0 Å². The summed E-state index contributed by atoms with van der Waals surface area (Å²) in [5.41, 5.74) is -0.207. The van der Waals surface area contributed by atoms with E-state index in [1.54, 1.807) is 7.11 Å². The lowest BCUT2D eigenvalue weighted by molar-refractivity contribution is -0.0349. The average molecular weight is 335 g/mol. The van der Waals surface area contributed by atoms with Gasteiger partial charge in [-0.1, -0.05) is 27.7 Å². The van der Waals surface area contributed by atoms with Gasteiger partial charge in [0.1, 0.15) is 0 Å². The minimum Gasteiger partial charge on any atom is -0.396 e. The molecule has 0 heterocycles. The molecule has 0 fully saturated rings. The number of likely N-dealkylation sites (N-methyl/N-ethyl adjacent to an activating group) is 1. The van der Waals surface area contributed by atoms with Gasteiger partial charge in [0.05, 0.1) is 39.8 Å². The third-order valence-electron chi connectivity index (χ3n) is 3.35. The molecule has 0 radical (unpaired) electrons. The van der Waals surface area contributed by atoms with E-state index in [9.17, 15) is 5.11 Å². The average Bonchev–Trinajstić information content (AvgIpc) is 2.46. The lowest BCUT2D eigenvalue weighted by atomic mass is 9.94. The maximum atomic E-state index is 9.21. The molecule has 2 N–H and O–H groups in total. The lowest BCUT2D eigenvalue weighted by Gasteiger charge is -2.28. The van der Waals surface area contributed by atoms with E-state index >= 15 is 0 Å². The van der Waals surface area contributed by atoms with Gasteiger partial charge in [-0.2, -0.15) is 0 Å². The standard InChI is InChI=1S/C17H38N2O4/c1-16(2,11-20)12-23-14-17(3,4)13-22-10-8-18-7-9-19(5)15-21-6/h18,20H,7-15H2,1-6H3. The van der Waals surface area contributed by atoms with Gasteiger partial charge >= 0.3 is 0 Å². The second-order valence-electron chi connectivity index (χ2n) is 7.78. The molecular formula is C17H38N2O4. The molecule has 6 heteroatoms. The molecule has 6 nitrogen and oxygen atoms in total. The molecule has 0 aromatic heterocycles. The maximum absolute atomic E-state index is 9.21. The second kappa shape index (κ2) is 12.2. The van der Waals surface area contributed by atoms with Gasteiger partial charge in [0.2, 0.25) is 0 Å². The number of aliphatic hydroxyl groups is 1. The zero-order chi connectivity index (χ0) is 17.8. The van der Waals surface area contributed by atoms with Crippen molar-refractivity contribution in [3.63, 3.8) is 0 Å². The first-order valence-electron chi connectivity index (χ1n) is 8.37. The Hall–Kier alpha value is -0.240. The summed E-state index contributed by atoms with van der Waals surface area (Å²) < 4.78 is 16.5. The van der Waals surface area contributed by atoms with E-state index in [0.717, 1.165) is 19.6 Å². The van der Waals surface area contributed by atoms with Crippen molar-refractivity contribution in [2.75, 3.05) is 73.6 Å². The van der Waals surface area contributed by atoms with Crippen LogP contribution in [0, 0.1) is 10.8 Å². The molecule has 0 aliphatic rings. The summed E-state index contributed by atoms with van der Waals surface area (Å²) >= 11 is 0. The van der Waals surface area contributed by atoms with Gasteiger partial charge < -0.3 is 24.6 Å². The Morgan fingerprint density at radius 2 is 1.57 bits per heavy atom. The van der Waals surface area contributed by atoms with Crippen molar-refractivity contribution in [1.29, 1.82) is 0 Å². The van der Waals surface area contributed by atoms with Crippen molar-refractivity contribution >= 4 is 0 Å². The predicted octanol–water partition coefficient (Wildman–Crippen LogP) is 1.19. The topological polar surface area (TPSA) is 63.2 Å². The van der Waals surface area contributed by atoms with Gasteiger partial charge in [-0.05, 0) is 7.05 Å². The Morgan fingerprint density at radius 3 is 2.17 bits per heavy atom. The van der Waals surface area contributed by atoms with Crippen molar-refractivity contribution < 1.29 is 19.3 Å². The molecule has 0 spiro atoms. The predicted molar refractivity (Wildman–Crippen MR) is 93.7 cm³/mol. The SMILES string of the molecule is COCN(C)CCNCCOCC(C)(C)COCC(C)(C)CO. The molecular weight excluding hydrogens is 296 g/mol. The van der Waals surface area contributed by atoms with E-state index in [2.05, 4.69) is 24.1 Å². The molecule has 0 atom stereocenters. The molecule has 0 rings (SSSR count). The number of nitrogens with zero attached hydrogens (tertiary/aromatic N) is 1. The summed E-state index contributed by atoms with van der Waals surface area (Å²) in [5, 5.41) is 12.6. The van der Waals surface area contributed by atoms with E-state index in [0.29, 0.717) is 33.2 Å². The number of rotatable bonds is 15. The first-order valence-corrected chi connectivity index (χ1v) is 8.37. The minimum absolute atomic E-state index is 0.0236. The van der Waals surface area contributed by atoms with Crippen molar-refractivity contribution in [3.8, 4) is 0 Å². The highest BCUT2D eigenvalue weighted by atomic mass is 16.5. The molecule has 0 unspecified atom stereocenters. The van der Waals surface area contributed by atoms with Crippen molar-refractivity contribution in [3.05, 3.63) is 0 Å². The summed E-state index contributed by atoms with van der Waals surface area (Å²) in [7, 11) is 3.73. The zero-order valence-electron chi connectivity index (χ0n) is 16.0. The smallest absolute Gasteiger partial charge is 0.0984 e. The van der Waals surface area contributed by atoms with Crippen LogP contribution in [-0.4, -0.2) is 83.6 Å². The monoisotopic (exact) mass is 334 g/mol. The van der Waals surface area contributed by atoms with Crippen molar-refractivity contribution in [2.24, 2.45) is 10.8 Å². The quantitative estimate of drug-likeness (QED) is 0.346. The number of hydrogen-bond donors (Lipinski definition) is 2. The fraction of sp³-hybridized carbons (Fsp3) is 1.00. The van der Waals surface area contributed by atoms with E-state index < -0.39 is 0 Å². The van der Waals surface area contributed by atoms with Gasteiger partial charge in [0, 0.05) is 37.6 Å². The fourth-order valence-electron chi connectivity index (χ4n) is 1.86. The molecule has 0 bridgehead atoms. The highest BCUT2D eigenvalue weighted by Gasteiger charge is 2.22. The molecule has 140 valence electrons. The van der Waals surface area contributed by atoms with E-state index in [1.807, 2.05) is 20.9 Å². The maximum Gasteiger partial charge on any atom is 0.0984 e. The number of ether oxygens (including phenoxy) is 3. The summed E-state index contributed by atoms with van der Waals surface area (Å²) in [6, 6.07) is 0. The van der Waals surface area contributed by atoms with Crippen LogP contribution in [0.1, 0.15) is 27.7 Å². The first kappa shape index (κ1) is 22.8. The molecule has 0 aromatic rings. The first-order chi connectivity index (χ1) is 10.7. The Balaban J connectivity index is 3.59. The molecule has 0 aliphatic heterocycles. The Morgan fingerprint density at radius 1 is 0.957 bits per heavy atom. The number of nitrogens with one attached hydrogen (secondary N) is 1. The number of aliphatic hydroxyl groups excluding tert-OH is 1. The lowest BCUT2D eigenvalue weighted by Crippen LogP contribution is -2.33. The van der Waals surface area contributed by atoms with Crippen LogP contribution < -0.4 is 5.32 Å². The third kappa shape index (κ3) is 13.9. The van der Waals surface area contributed by atoms with E-state index in [4.69, 9.17) is 14.2 Å². The largest absolute Gasteiger partial charge is 0.396 e.